The number of carbonyl (C=O) groups is 2. The number of carboxylic acids is 2. The van der Waals surface area contributed by atoms with Crippen molar-refractivity contribution < 1.29 is 24.3 Å². The standard InChI is InChI=1S/C10H16N.C5H8O4/c1-11(2,3)9-10-7-5-4-6-8-10;6-4(7)2-1-3-5(8)9/h4-8H,9H2,1-3H3;1-3H2,(H,6,7)(H,8,9)/q+1;. The lowest BCUT2D eigenvalue weighted by Gasteiger charge is -2.23. The van der Waals surface area contributed by atoms with Gasteiger partial charge < -0.3 is 14.7 Å². The van der Waals surface area contributed by atoms with E-state index in [9.17, 15) is 9.59 Å². The second kappa shape index (κ2) is 9.09. The summed E-state index contributed by atoms with van der Waals surface area (Å²) in [7, 11) is 6.60. The van der Waals surface area contributed by atoms with Crippen LogP contribution in [0.3, 0.4) is 0 Å². The smallest absolute Gasteiger partial charge is 0.303 e. The second-order valence-electron chi connectivity index (χ2n) is 5.58. The Kier molecular flexibility index (Phi) is 8.24. The van der Waals surface area contributed by atoms with E-state index in [0.717, 1.165) is 11.0 Å². The van der Waals surface area contributed by atoms with Crippen molar-refractivity contribution in [3.05, 3.63) is 35.9 Å². The van der Waals surface area contributed by atoms with Crippen molar-refractivity contribution in [1.29, 1.82) is 0 Å². The first-order valence-electron chi connectivity index (χ1n) is 6.48. The third-order valence-electron chi connectivity index (χ3n) is 2.28. The van der Waals surface area contributed by atoms with E-state index in [-0.39, 0.29) is 19.3 Å². The summed E-state index contributed by atoms with van der Waals surface area (Å²) in [6.07, 6.45) is 0.0866. The maximum absolute atomic E-state index is 9.79. The summed E-state index contributed by atoms with van der Waals surface area (Å²) in [6.45, 7) is 1.10. The Bertz CT molecular complexity index is 396. The average Bonchev–Trinajstić information content (AvgIpc) is 2.27. The quantitative estimate of drug-likeness (QED) is 0.785. The number of hydrogen-bond acceptors (Lipinski definition) is 2. The molecule has 0 bridgehead atoms. The number of quaternary nitrogens is 1. The molecule has 0 aliphatic rings. The van der Waals surface area contributed by atoms with Gasteiger partial charge >= 0.3 is 11.9 Å². The zero-order valence-electron chi connectivity index (χ0n) is 12.4. The highest BCUT2D eigenvalue weighted by Crippen LogP contribution is 2.05. The molecule has 0 amide bonds. The largest absolute Gasteiger partial charge is 0.481 e. The molecule has 1 aromatic rings. The topological polar surface area (TPSA) is 74.6 Å². The molecule has 2 N–H and O–H groups in total. The molecule has 1 aromatic carbocycles. The first-order chi connectivity index (χ1) is 9.20. The van der Waals surface area contributed by atoms with Crippen LogP contribution < -0.4 is 0 Å². The molecule has 0 aromatic heterocycles. The summed E-state index contributed by atoms with van der Waals surface area (Å²) in [5, 5.41) is 16.1. The molecule has 5 nitrogen and oxygen atoms in total. The van der Waals surface area contributed by atoms with Gasteiger partial charge in [-0.1, -0.05) is 30.3 Å². The molecule has 20 heavy (non-hydrogen) atoms. The summed E-state index contributed by atoms with van der Waals surface area (Å²) in [4.78, 5) is 19.6. The minimum Gasteiger partial charge on any atom is -0.481 e. The van der Waals surface area contributed by atoms with Crippen LogP contribution in [-0.2, 0) is 16.1 Å². The van der Waals surface area contributed by atoms with Crippen molar-refractivity contribution in [1.82, 2.24) is 0 Å². The minimum atomic E-state index is -0.948. The van der Waals surface area contributed by atoms with Crippen molar-refractivity contribution in [2.75, 3.05) is 21.1 Å². The molecule has 112 valence electrons. The van der Waals surface area contributed by atoms with Crippen LogP contribution in [0.2, 0.25) is 0 Å². The highest BCUT2D eigenvalue weighted by atomic mass is 16.4. The first-order valence-corrected chi connectivity index (χ1v) is 6.48. The molecule has 0 saturated carbocycles. The average molecular weight is 282 g/mol. The maximum Gasteiger partial charge on any atom is 0.303 e. The summed E-state index contributed by atoms with van der Waals surface area (Å²) < 4.78 is 0.990. The van der Waals surface area contributed by atoms with E-state index < -0.39 is 11.9 Å². The van der Waals surface area contributed by atoms with Crippen LogP contribution >= 0.6 is 0 Å². The van der Waals surface area contributed by atoms with E-state index in [4.69, 9.17) is 10.2 Å². The summed E-state index contributed by atoms with van der Waals surface area (Å²) in [5.74, 6) is -1.90. The molecule has 0 aliphatic heterocycles. The third-order valence-corrected chi connectivity index (χ3v) is 2.28. The van der Waals surface area contributed by atoms with Gasteiger partial charge in [0.05, 0.1) is 21.1 Å². The van der Waals surface area contributed by atoms with Gasteiger partial charge in [-0.15, -0.1) is 0 Å². The number of aliphatic carboxylic acids is 2. The monoisotopic (exact) mass is 282 g/mol. The van der Waals surface area contributed by atoms with E-state index in [1.807, 2.05) is 0 Å². The molecule has 0 radical (unpaired) electrons. The van der Waals surface area contributed by atoms with Crippen molar-refractivity contribution in [3.8, 4) is 0 Å². The Labute approximate surface area is 120 Å². The molecule has 0 spiro atoms. The Morgan fingerprint density at radius 2 is 1.40 bits per heavy atom. The predicted octanol–water partition coefficient (Wildman–Crippen LogP) is 2.22. The lowest BCUT2D eigenvalue weighted by molar-refractivity contribution is -0.884. The van der Waals surface area contributed by atoms with Gasteiger partial charge in [0.2, 0.25) is 0 Å². The Morgan fingerprint density at radius 3 is 1.75 bits per heavy atom. The number of rotatable bonds is 6. The molecule has 0 heterocycles. The third kappa shape index (κ3) is 12.6. The van der Waals surface area contributed by atoms with Crippen LogP contribution in [0.15, 0.2) is 30.3 Å². The first kappa shape index (κ1) is 18.1. The SMILES string of the molecule is C[N+](C)(C)Cc1ccccc1.O=C(O)CCCC(=O)O. The molecule has 0 atom stereocenters. The van der Waals surface area contributed by atoms with Crippen molar-refractivity contribution in [2.24, 2.45) is 0 Å². The van der Waals surface area contributed by atoms with E-state index in [2.05, 4.69) is 51.5 Å². The van der Waals surface area contributed by atoms with E-state index in [1.54, 1.807) is 0 Å². The van der Waals surface area contributed by atoms with Crippen LogP contribution in [0.5, 0.6) is 0 Å². The molecular formula is C15H24NO4+. The van der Waals surface area contributed by atoms with Crippen LogP contribution in [0.4, 0.5) is 0 Å². The van der Waals surface area contributed by atoms with E-state index in [1.165, 1.54) is 5.56 Å². The van der Waals surface area contributed by atoms with Crippen molar-refractivity contribution in [2.45, 2.75) is 25.8 Å². The van der Waals surface area contributed by atoms with E-state index >= 15 is 0 Å². The van der Waals surface area contributed by atoms with Gasteiger partial charge in [-0.05, 0) is 6.42 Å². The van der Waals surface area contributed by atoms with Gasteiger partial charge in [0.25, 0.3) is 0 Å². The van der Waals surface area contributed by atoms with Gasteiger partial charge in [0, 0.05) is 18.4 Å². The zero-order chi connectivity index (χ0) is 15.6. The fourth-order valence-electron chi connectivity index (χ4n) is 1.52. The number of hydrogen-bond donors (Lipinski definition) is 2. The number of benzene rings is 1. The highest BCUT2D eigenvalue weighted by molar-refractivity contribution is 5.69. The fourth-order valence-corrected chi connectivity index (χ4v) is 1.52. The molecule has 0 unspecified atom stereocenters. The Hall–Kier alpha value is -1.88. The molecule has 0 saturated heterocycles. The normalized spacial score (nSPS) is 10.3. The maximum atomic E-state index is 9.79. The predicted molar refractivity (Wildman–Crippen MR) is 77.3 cm³/mol. The van der Waals surface area contributed by atoms with Gasteiger partial charge in [-0.3, -0.25) is 9.59 Å². The van der Waals surface area contributed by atoms with E-state index in [0.29, 0.717) is 0 Å². The highest BCUT2D eigenvalue weighted by Gasteiger charge is 2.06. The lowest BCUT2D eigenvalue weighted by atomic mass is 10.2. The van der Waals surface area contributed by atoms with Gasteiger partial charge in [0.1, 0.15) is 6.54 Å². The lowest BCUT2D eigenvalue weighted by Crippen LogP contribution is -2.33. The number of nitrogens with zero attached hydrogens (tertiary/aromatic N) is 1. The molecule has 0 fully saturated rings. The van der Waals surface area contributed by atoms with Crippen molar-refractivity contribution in [3.63, 3.8) is 0 Å². The van der Waals surface area contributed by atoms with Crippen LogP contribution in [-0.4, -0.2) is 47.8 Å². The van der Waals surface area contributed by atoms with Crippen LogP contribution in [0.25, 0.3) is 0 Å². The molecule has 5 heteroatoms. The minimum absolute atomic E-state index is 0.0632. The molecule has 0 aliphatic carbocycles. The number of carboxylic acid groups (broad SMARTS) is 2. The van der Waals surface area contributed by atoms with Gasteiger partial charge in [0.15, 0.2) is 0 Å². The summed E-state index contributed by atoms with van der Waals surface area (Å²) >= 11 is 0. The van der Waals surface area contributed by atoms with Crippen LogP contribution in [0.1, 0.15) is 24.8 Å². The van der Waals surface area contributed by atoms with Gasteiger partial charge in [-0.25, -0.2) is 0 Å². The summed E-state index contributed by atoms with van der Waals surface area (Å²) in [5.41, 5.74) is 1.40. The van der Waals surface area contributed by atoms with Crippen LogP contribution in [0, 0.1) is 0 Å². The molecule has 1 rings (SSSR count). The fraction of sp³-hybridized carbons (Fsp3) is 0.467. The summed E-state index contributed by atoms with van der Waals surface area (Å²) in [6, 6.07) is 10.6. The molecular weight excluding hydrogens is 258 g/mol. The zero-order valence-corrected chi connectivity index (χ0v) is 12.4. The Balaban J connectivity index is 0.000000370. The van der Waals surface area contributed by atoms with Crippen molar-refractivity contribution >= 4 is 11.9 Å². The Morgan fingerprint density at radius 1 is 0.950 bits per heavy atom. The van der Waals surface area contributed by atoms with Gasteiger partial charge in [-0.2, -0.15) is 0 Å². The second-order valence-corrected chi connectivity index (χ2v) is 5.58.